The number of hydrogen-bond acceptors (Lipinski definition) is 4. The van der Waals surface area contributed by atoms with Crippen molar-refractivity contribution in [3.63, 3.8) is 0 Å². The van der Waals surface area contributed by atoms with Crippen molar-refractivity contribution in [2.75, 3.05) is 11.5 Å². The normalized spacial score (nSPS) is 19.5. The topological polar surface area (TPSA) is 42.9 Å². The van der Waals surface area contributed by atoms with Gasteiger partial charge < -0.3 is 0 Å². The highest BCUT2D eigenvalue weighted by atomic mass is 32.2. The highest BCUT2D eigenvalue weighted by molar-refractivity contribution is 7.99. The fraction of sp³-hybridized carbons (Fsp3) is 0.333. The molecule has 1 aliphatic heterocycles. The van der Waals surface area contributed by atoms with Gasteiger partial charge in [-0.05, 0) is 42.9 Å². The number of pyridine rings is 2. The highest BCUT2D eigenvalue weighted by Crippen LogP contribution is 2.23. The molecule has 0 radical (unpaired) electrons. The Morgan fingerprint density at radius 3 is 2.65 bits per heavy atom. The monoisotopic (exact) mass is 304 g/mol. The lowest BCUT2D eigenvalue weighted by atomic mass is 10.2. The molecule has 2 aromatic rings. The molecular weight excluding hydrogens is 288 g/mol. The molecule has 1 unspecified atom stereocenters. The van der Waals surface area contributed by atoms with Gasteiger partial charge in [0.2, 0.25) is 0 Å². The second kappa shape index (κ2) is 6.50. The van der Waals surface area contributed by atoms with Crippen LogP contribution in [-0.2, 0) is 10.8 Å². The van der Waals surface area contributed by atoms with Gasteiger partial charge in [-0.3, -0.25) is 4.21 Å². The van der Waals surface area contributed by atoms with E-state index in [1.165, 1.54) is 0 Å². The van der Waals surface area contributed by atoms with Gasteiger partial charge >= 0.3 is 0 Å². The van der Waals surface area contributed by atoms with Crippen LogP contribution >= 0.6 is 11.8 Å². The van der Waals surface area contributed by atoms with E-state index < -0.39 is 10.8 Å². The lowest BCUT2D eigenvalue weighted by molar-refractivity contribution is 0.674. The Morgan fingerprint density at radius 2 is 1.75 bits per heavy atom. The predicted molar refractivity (Wildman–Crippen MR) is 83.3 cm³/mol. The van der Waals surface area contributed by atoms with E-state index in [1.807, 2.05) is 36.4 Å². The van der Waals surface area contributed by atoms with Crippen LogP contribution in [0.2, 0.25) is 0 Å². The summed E-state index contributed by atoms with van der Waals surface area (Å²) in [5.41, 5.74) is 1.66. The minimum atomic E-state index is -1.000. The first-order valence-corrected chi connectivity index (χ1v) is 9.09. The van der Waals surface area contributed by atoms with Crippen LogP contribution < -0.4 is 0 Å². The predicted octanol–water partition coefficient (Wildman–Crippen LogP) is 3.53. The van der Waals surface area contributed by atoms with Crippen LogP contribution in [-0.4, -0.2) is 25.7 Å². The third-order valence-electron chi connectivity index (χ3n) is 3.17. The number of thioether (sulfide) groups is 1. The molecule has 0 amide bonds. The molecule has 20 heavy (non-hydrogen) atoms. The lowest BCUT2D eigenvalue weighted by Crippen LogP contribution is -2.01. The molecule has 3 heterocycles. The Labute approximate surface area is 125 Å². The van der Waals surface area contributed by atoms with E-state index in [1.54, 1.807) is 11.8 Å². The summed E-state index contributed by atoms with van der Waals surface area (Å²) in [5.74, 6) is 1.76. The van der Waals surface area contributed by atoms with E-state index in [0.29, 0.717) is 10.8 Å². The third-order valence-corrected chi connectivity index (χ3v) is 5.54. The smallest absolute Gasteiger partial charge is 0.128 e. The molecule has 2 aromatic heterocycles. The van der Waals surface area contributed by atoms with Gasteiger partial charge in [0.15, 0.2) is 0 Å². The van der Waals surface area contributed by atoms with Gasteiger partial charge in [-0.2, -0.15) is 0 Å². The zero-order valence-corrected chi connectivity index (χ0v) is 12.8. The van der Waals surface area contributed by atoms with Gasteiger partial charge in [0.1, 0.15) is 5.03 Å². The van der Waals surface area contributed by atoms with Crippen molar-refractivity contribution in [2.24, 2.45) is 0 Å². The zero-order valence-electron chi connectivity index (χ0n) is 11.1. The number of aromatic nitrogens is 2. The van der Waals surface area contributed by atoms with Crippen LogP contribution in [0.5, 0.6) is 0 Å². The van der Waals surface area contributed by atoms with Crippen molar-refractivity contribution >= 4 is 22.6 Å². The Kier molecular flexibility index (Phi) is 4.47. The average molecular weight is 304 g/mol. The summed E-state index contributed by atoms with van der Waals surface area (Å²) in [6.07, 6.45) is 3.24. The summed E-state index contributed by atoms with van der Waals surface area (Å²) in [5, 5.41) is 1.71. The maximum absolute atomic E-state index is 12.2. The van der Waals surface area contributed by atoms with E-state index >= 15 is 0 Å². The molecule has 3 rings (SSSR count). The van der Waals surface area contributed by atoms with Crippen LogP contribution in [0.15, 0.2) is 46.5 Å². The Bertz CT molecular complexity index is 631. The molecule has 0 aromatic carbocycles. The van der Waals surface area contributed by atoms with E-state index in [4.69, 9.17) is 0 Å². The quantitative estimate of drug-likeness (QED) is 0.747. The van der Waals surface area contributed by atoms with Gasteiger partial charge in [-0.1, -0.05) is 18.6 Å². The highest BCUT2D eigenvalue weighted by Gasteiger charge is 2.10. The molecule has 0 N–H and O–H groups in total. The first-order chi connectivity index (χ1) is 9.83. The van der Waals surface area contributed by atoms with Crippen LogP contribution in [0.4, 0.5) is 0 Å². The van der Waals surface area contributed by atoms with Gasteiger partial charge in [0, 0.05) is 5.75 Å². The van der Waals surface area contributed by atoms with Gasteiger partial charge in [0.25, 0.3) is 0 Å². The lowest BCUT2D eigenvalue weighted by Gasteiger charge is -2.05. The van der Waals surface area contributed by atoms with Crippen LogP contribution in [0.1, 0.15) is 19.3 Å². The Balaban J connectivity index is 2.02. The zero-order chi connectivity index (χ0) is 13.8. The minimum absolute atomic E-state index is 0.668. The summed E-state index contributed by atoms with van der Waals surface area (Å²) >= 11 is 1.78. The fourth-order valence-electron chi connectivity index (χ4n) is 2.12. The summed E-state index contributed by atoms with van der Waals surface area (Å²) in [6.45, 7) is 0. The van der Waals surface area contributed by atoms with E-state index in [9.17, 15) is 4.21 Å². The van der Waals surface area contributed by atoms with E-state index in [0.717, 1.165) is 41.4 Å². The molecule has 5 heteroatoms. The fourth-order valence-corrected chi connectivity index (χ4v) is 4.12. The molecule has 0 fully saturated rings. The Morgan fingerprint density at radius 1 is 0.950 bits per heavy atom. The minimum Gasteiger partial charge on any atom is -0.253 e. The van der Waals surface area contributed by atoms with Gasteiger partial charge in [-0.15, -0.1) is 11.8 Å². The SMILES string of the molecule is O=S1CCCCCSc2cccc(n2)-c2cccc1n2. The number of hydrogen-bond donors (Lipinski definition) is 0. The van der Waals surface area contributed by atoms with Crippen molar-refractivity contribution in [1.29, 1.82) is 0 Å². The number of nitrogens with zero attached hydrogens (tertiary/aromatic N) is 2. The van der Waals surface area contributed by atoms with Crippen molar-refractivity contribution < 1.29 is 4.21 Å². The maximum atomic E-state index is 12.2. The van der Waals surface area contributed by atoms with Crippen LogP contribution in [0.25, 0.3) is 11.4 Å². The standard InChI is InChI=1S/C15H16N2OS2/c18-20-11-3-1-2-10-19-14-8-4-6-12(16-14)13-7-5-9-15(20)17-13/h4-9H,1-3,10-11H2. The van der Waals surface area contributed by atoms with Crippen LogP contribution in [0, 0.1) is 0 Å². The molecule has 4 bridgehead atoms. The largest absolute Gasteiger partial charge is 0.253 e. The second-order valence-corrected chi connectivity index (χ2v) is 7.31. The molecule has 1 aliphatic rings. The maximum Gasteiger partial charge on any atom is 0.128 e. The molecule has 1 atom stereocenters. The van der Waals surface area contributed by atoms with Crippen molar-refractivity contribution in [3.05, 3.63) is 36.4 Å². The average Bonchev–Trinajstić information content (AvgIpc) is 2.50. The molecule has 0 saturated heterocycles. The van der Waals surface area contributed by atoms with Crippen molar-refractivity contribution in [3.8, 4) is 11.4 Å². The van der Waals surface area contributed by atoms with Crippen LogP contribution in [0.3, 0.4) is 0 Å². The first kappa shape index (κ1) is 13.8. The van der Waals surface area contributed by atoms with Gasteiger partial charge in [-0.25, -0.2) is 9.97 Å². The van der Waals surface area contributed by atoms with Gasteiger partial charge in [0.05, 0.1) is 27.2 Å². The van der Waals surface area contributed by atoms with Crippen molar-refractivity contribution in [1.82, 2.24) is 9.97 Å². The third kappa shape index (κ3) is 3.27. The molecule has 104 valence electrons. The molecule has 0 aliphatic carbocycles. The second-order valence-electron chi connectivity index (χ2n) is 4.68. The number of rotatable bonds is 0. The summed E-state index contributed by atoms with van der Waals surface area (Å²) in [6, 6.07) is 11.7. The summed E-state index contributed by atoms with van der Waals surface area (Å²) < 4.78 is 12.2. The van der Waals surface area contributed by atoms with E-state index in [-0.39, 0.29) is 0 Å². The van der Waals surface area contributed by atoms with Crippen molar-refractivity contribution in [2.45, 2.75) is 29.3 Å². The summed E-state index contributed by atoms with van der Waals surface area (Å²) in [4.78, 5) is 9.16. The molecule has 3 nitrogen and oxygen atoms in total. The molecule has 0 saturated carbocycles. The first-order valence-electron chi connectivity index (χ1n) is 6.78. The molecular formula is C15H16N2OS2. The molecule has 0 spiro atoms. The number of fused-ring (bicyclic) bond motifs is 5. The Hall–Kier alpha value is -1.20. The van der Waals surface area contributed by atoms with E-state index in [2.05, 4.69) is 9.97 Å². The summed E-state index contributed by atoms with van der Waals surface area (Å²) in [7, 11) is -1.000.